The maximum atomic E-state index is 13.0. The molecule has 0 heterocycles. The molecule has 1 aromatic carbocycles. The van der Waals surface area contributed by atoms with Gasteiger partial charge in [0.2, 0.25) is 5.91 Å². The monoisotopic (exact) mass is 456 g/mol. The Bertz CT molecular complexity index is 634. The molecule has 4 atom stereocenters. The highest BCUT2D eigenvalue weighted by Crippen LogP contribution is 2.15. The van der Waals surface area contributed by atoms with Crippen molar-refractivity contribution in [2.75, 3.05) is 30.9 Å². The lowest BCUT2D eigenvalue weighted by molar-refractivity contribution is -0.142. The maximum Gasteiger partial charge on any atom is 0.326 e. The summed E-state index contributed by atoms with van der Waals surface area (Å²) in [6.07, 6.45) is 2.29. The van der Waals surface area contributed by atoms with Crippen LogP contribution in [0.3, 0.4) is 0 Å². The number of aliphatic carboxylic acids is 1. The van der Waals surface area contributed by atoms with E-state index in [0.29, 0.717) is 36.9 Å². The summed E-state index contributed by atoms with van der Waals surface area (Å²) in [6.45, 7) is 5.37. The summed E-state index contributed by atoms with van der Waals surface area (Å²) in [7, 11) is 0. The summed E-state index contributed by atoms with van der Waals surface area (Å²) < 4.78 is 0. The van der Waals surface area contributed by atoms with Crippen LogP contribution < -0.4 is 21.7 Å². The summed E-state index contributed by atoms with van der Waals surface area (Å²) >= 11 is 5.77. The minimum absolute atomic E-state index is 0.0458. The zero-order valence-electron chi connectivity index (χ0n) is 18.0. The first-order valence-corrected chi connectivity index (χ1v) is 12.2. The van der Waals surface area contributed by atoms with Gasteiger partial charge in [0.1, 0.15) is 12.1 Å². The topological polar surface area (TPSA) is 116 Å². The van der Waals surface area contributed by atoms with Gasteiger partial charge in [-0.1, -0.05) is 44.2 Å². The van der Waals surface area contributed by atoms with E-state index in [1.807, 2.05) is 36.6 Å². The van der Waals surface area contributed by atoms with Gasteiger partial charge in [0, 0.05) is 30.9 Å². The molecule has 0 aliphatic heterocycles. The number of nitrogens with one attached hydrogen (secondary N) is 3. The van der Waals surface area contributed by atoms with Crippen molar-refractivity contribution in [1.29, 1.82) is 0 Å². The van der Waals surface area contributed by atoms with E-state index in [4.69, 9.17) is 5.73 Å². The molecule has 0 spiro atoms. The van der Waals surface area contributed by atoms with E-state index in [9.17, 15) is 14.7 Å². The number of carbonyl (C=O) groups excluding carboxylic acids is 1. The Kier molecular flexibility index (Phi) is 13.1. The number of hydrogen-bond donors (Lipinski definition) is 6. The van der Waals surface area contributed by atoms with Gasteiger partial charge in [-0.15, -0.1) is 0 Å². The van der Waals surface area contributed by atoms with Crippen molar-refractivity contribution in [3.63, 3.8) is 0 Å². The average Bonchev–Trinajstić information content (AvgIpc) is 2.73. The van der Waals surface area contributed by atoms with Crippen molar-refractivity contribution in [3.8, 4) is 0 Å². The quantitative estimate of drug-likeness (QED) is 0.222. The van der Waals surface area contributed by atoms with E-state index < -0.39 is 18.1 Å². The molecule has 1 rings (SSSR count). The smallest absolute Gasteiger partial charge is 0.326 e. The average molecular weight is 457 g/mol. The van der Waals surface area contributed by atoms with Crippen molar-refractivity contribution < 1.29 is 14.7 Å². The Morgan fingerprint density at radius 1 is 1.17 bits per heavy atom. The molecule has 0 saturated carbocycles. The second-order valence-electron chi connectivity index (χ2n) is 7.63. The van der Waals surface area contributed by atoms with E-state index in [0.717, 1.165) is 5.56 Å². The fraction of sp³-hybridized carbons (Fsp3) is 0.619. The molecule has 30 heavy (non-hydrogen) atoms. The molecule has 9 heteroatoms. The molecule has 0 fully saturated rings. The predicted molar refractivity (Wildman–Crippen MR) is 128 cm³/mol. The molecule has 7 nitrogen and oxygen atoms in total. The fourth-order valence-corrected chi connectivity index (χ4v) is 3.51. The van der Waals surface area contributed by atoms with Gasteiger partial charge in [-0.2, -0.15) is 24.4 Å². The van der Waals surface area contributed by atoms with E-state index in [1.165, 1.54) is 0 Å². The Balaban J connectivity index is 2.89. The number of thiol groups is 1. The summed E-state index contributed by atoms with van der Waals surface area (Å²) in [5, 5.41) is 18.9. The number of benzene rings is 1. The Morgan fingerprint density at radius 2 is 1.83 bits per heavy atom. The van der Waals surface area contributed by atoms with Gasteiger partial charge in [-0.05, 0) is 29.9 Å². The molecule has 1 amide bonds. The first-order valence-electron chi connectivity index (χ1n) is 10.2. The zero-order valence-corrected chi connectivity index (χ0v) is 19.7. The lowest BCUT2D eigenvalue weighted by Gasteiger charge is -2.28. The van der Waals surface area contributed by atoms with Crippen LogP contribution >= 0.6 is 24.4 Å². The third kappa shape index (κ3) is 9.70. The van der Waals surface area contributed by atoms with E-state index in [-0.39, 0.29) is 18.0 Å². The largest absolute Gasteiger partial charge is 0.480 e. The lowest BCUT2D eigenvalue weighted by atomic mass is 10.0. The standard InChI is InChI=1S/C21H36N4O3S2/c1-14(2)18(23-11-16(22)13-29)12-24-19(15-7-5-4-6-8-15)20(26)25-17(21(27)28)9-10-30-3/h4-8,14,16-19,23-24,29H,9-13,22H2,1-3H3,(H,25,26)(H,27,28)/t16-,17+,18-,19+/m1/s1. The molecule has 0 unspecified atom stereocenters. The van der Waals surface area contributed by atoms with Crippen molar-refractivity contribution in [2.24, 2.45) is 11.7 Å². The molecule has 1 aromatic rings. The molecule has 0 aliphatic rings. The van der Waals surface area contributed by atoms with Crippen LogP contribution in [0.1, 0.15) is 31.9 Å². The Hall–Kier alpha value is -1.26. The van der Waals surface area contributed by atoms with E-state index in [2.05, 4.69) is 42.4 Å². The highest BCUT2D eigenvalue weighted by molar-refractivity contribution is 7.98. The Morgan fingerprint density at radius 3 is 2.37 bits per heavy atom. The predicted octanol–water partition coefficient (Wildman–Crippen LogP) is 1.51. The molecule has 170 valence electrons. The van der Waals surface area contributed by atoms with Gasteiger partial charge >= 0.3 is 5.97 Å². The van der Waals surface area contributed by atoms with Crippen LogP contribution in [-0.2, 0) is 9.59 Å². The minimum Gasteiger partial charge on any atom is -0.480 e. The van der Waals surface area contributed by atoms with E-state index in [1.54, 1.807) is 11.8 Å². The summed E-state index contributed by atoms with van der Waals surface area (Å²) in [4.78, 5) is 24.6. The molecule has 0 radical (unpaired) electrons. The first kappa shape index (κ1) is 26.8. The number of rotatable bonds is 15. The maximum absolute atomic E-state index is 13.0. The number of carboxylic acid groups (broad SMARTS) is 1. The number of amides is 1. The SMILES string of the molecule is CSCC[C@H](NC(=O)[C@@H](NC[C@@H](NC[C@@H](N)CS)C(C)C)c1ccccc1)C(=O)O. The summed E-state index contributed by atoms with van der Waals surface area (Å²) in [5.74, 6) is 0.201. The second kappa shape index (κ2) is 14.7. The van der Waals surface area contributed by atoms with Gasteiger partial charge in [0.15, 0.2) is 0 Å². The van der Waals surface area contributed by atoms with Crippen molar-refractivity contribution in [3.05, 3.63) is 35.9 Å². The summed E-state index contributed by atoms with van der Waals surface area (Å²) in [5.41, 5.74) is 6.75. The highest BCUT2D eigenvalue weighted by atomic mass is 32.2. The fourth-order valence-electron chi connectivity index (χ4n) is 2.91. The summed E-state index contributed by atoms with van der Waals surface area (Å²) in [6, 6.07) is 7.83. The number of thioether (sulfide) groups is 1. The molecular formula is C21H36N4O3S2. The lowest BCUT2D eigenvalue weighted by Crippen LogP contribution is -2.51. The van der Waals surface area contributed by atoms with Gasteiger partial charge in [0.05, 0.1) is 0 Å². The number of carbonyl (C=O) groups is 2. The second-order valence-corrected chi connectivity index (χ2v) is 8.98. The molecule has 0 saturated heterocycles. The van der Waals surface area contributed by atoms with Crippen molar-refractivity contribution in [2.45, 2.75) is 44.4 Å². The van der Waals surface area contributed by atoms with Crippen molar-refractivity contribution in [1.82, 2.24) is 16.0 Å². The van der Waals surface area contributed by atoms with Gasteiger partial charge in [-0.3, -0.25) is 4.79 Å². The van der Waals surface area contributed by atoms with Crippen molar-refractivity contribution >= 4 is 36.3 Å². The van der Waals surface area contributed by atoms with Crippen LogP contribution in [0.5, 0.6) is 0 Å². The molecule has 0 aromatic heterocycles. The molecule has 0 bridgehead atoms. The van der Waals surface area contributed by atoms with Crippen LogP contribution in [0, 0.1) is 5.92 Å². The van der Waals surface area contributed by atoms with Crippen LogP contribution in [0.25, 0.3) is 0 Å². The zero-order chi connectivity index (χ0) is 22.5. The molecular weight excluding hydrogens is 420 g/mol. The van der Waals surface area contributed by atoms with Crippen LogP contribution in [0.4, 0.5) is 0 Å². The number of carboxylic acids is 1. The Labute approximate surface area is 189 Å². The number of hydrogen-bond acceptors (Lipinski definition) is 7. The first-order chi connectivity index (χ1) is 14.3. The molecule has 0 aliphatic carbocycles. The minimum atomic E-state index is -1.02. The highest BCUT2D eigenvalue weighted by Gasteiger charge is 2.27. The van der Waals surface area contributed by atoms with Gasteiger partial charge < -0.3 is 26.8 Å². The third-order valence-corrected chi connectivity index (χ3v) is 5.96. The normalized spacial score (nSPS) is 15.4. The van der Waals surface area contributed by atoms with E-state index >= 15 is 0 Å². The van der Waals surface area contributed by atoms with Crippen LogP contribution in [0.15, 0.2) is 30.3 Å². The van der Waals surface area contributed by atoms with Crippen LogP contribution in [0.2, 0.25) is 0 Å². The number of nitrogens with two attached hydrogens (primary N) is 1. The van der Waals surface area contributed by atoms with Crippen LogP contribution in [-0.4, -0.2) is 66.0 Å². The van der Waals surface area contributed by atoms with Gasteiger partial charge in [0.25, 0.3) is 0 Å². The third-order valence-electron chi connectivity index (χ3n) is 4.84. The van der Waals surface area contributed by atoms with Gasteiger partial charge in [-0.25, -0.2) is 4.79 Å². The molecule has 6 N–H and O–H groups in total.